The van der Waals surface area contributed by atoms with Crippen LogP contribution in [-0.4, -0.2) is 41.6 Å². The van der Waals surface area contributed by atoms with Crippen LogP contribution in [0.3, 0.4) is 0 Å². The van der Waals surface area contributed by atoms with E-state index in [1.807, 2.05) is 30.3 Å². The van der Waals surface area contributed by atoms with Gasteiger partial charge >= 0.3 is 0 Å². The highest BCUT2D eigenvalue weighted by Crippen LogP contribution is 2.29. The molecule has 0 radical (unpaired) electrons. The quantitative estimate of drug-likeness (QED) is 0.850. The number of amides is 1. The van der Waals surface area contributed by atoms with Crippen LogP contribution < -0.4 is 5.32 Å². The van der Waals surface area contributed by atoms with E-state index in [9.17, 15) is 9.90 Å². The number of benzene rings is 2. The third-order valence-electron chi connectivity index (χ3n) is 3.79. The summed E-state index contributed by atoms with van der Waals surface area (Å²) in [7, 11) is 0. The molecule has 1 heterocycles. The van der Waals surface area contributed by atoms with Crippen molar-refractivity contribution in [3.63, 3.8) is 0 Å². The number of fused-ring (bicyclic) bond motifs is 1. The molecule has 4 nitrogen and oxygen atoms in total. The fourth-order valence-corrected chi connectivity index (χ4v) is 2.71. The lowest BCUT2D eigenvalue weighted by molar-refractivity contribution is 0.0706. The first-order chi connectivity index (χ1) is 9.66. The molecule has 1 aliphatic heterocycles. The second-order valence-corrected chi connectivity index (χ2v) is 5.29. The summed E-state index contributed by atoms with van der Waals surface area (Å²) in [4.78, 5) is 14.3. The molecule has 0 unspecified atom stereocenters. The summed E-state index contributed by atoms with van der Waals surface area (Å²) in [6.45, 7) is 4.20. The number of carbonyl (C=O) groups excluding carboxylic acids is 1. The Bertz CT molecular complexity index is 660. The van der Waals surface area contributed by atoms with Gasteiger partial charge in [0.15, 0.2) is 0 Å². The minimum Gasteiger partial charge on any atom is -0.506 e. The van der Waals surface area contributed by atoms with Crippen LogP contribution in [-0.2, 0) is 0 Å². The van der Waals surface area contributed by atoms with E-state index < -0.39 is 0 Å². The summed E-state index contributed by atoms with van der Waals surface area (Å²) >= 11 is 0. The number of piperazine rings is 1. The van der Waals surface area contributed by atoms with Gasteiger partial charge in [0.2, 0.25) is 0 Å². The lowest BCUT2D eigenvalue weighted by Crippen LogP contribution is -2.51. The number of aromatic hydroxyl groups is 1. The van der Waals surface area contributed by atoms with Gasteiger partial charge in [0, 0.05) is 31.1 Å². The van der Waals surface area contributed by atoms with Gasteiger partial charge in [-0.15, -0.1) is 12.4 Å². The highest BCUT2D eigenvalue weighted by Gasteiger charge is 2.24. The van der Waals surface area contributed by atoms with Gasteiger partial charge in [0.05, 0.1) is 5.56 Å². The van der Waals surface area contributed by atoms with Gasteiger partial charge in [-0.3, -0.25) is 4.79 Å². The molecule has 0 saturated carbocycles. The normalized spacial score (nSPS) is 18.3. The standard InChI is InChI=1S/C16H18N2O2.ClH/c1-11-10-18(9-8-17-11)16(20)14-7-6-12-4-2-3-5-13(12)15(14)19;/h2-7,11,17,19H,8-10H2,1H3;1H/t11-;/m0./s1. The minimum absolute atomic E-state index is 0. The van der Waals surface area contributed by atoms with Gasteiger partial charge in [0.1, 0.15) is 5.75 Å². The largest absolute Gasteiger partial charge is 0.506 e. The van der Waals surface area contributed by atoms with Crippen molar-refractivity contribution in [2.24, 2.45) is 0 Å². The van der Waals surface area contributed by atoms with Crippen molar-refractivity contribution in [3.05, 3.63) is 42.0 Å². The molecular formula is C16H19ClN2O2. The molecule has 0 spiro atoms. The Morgan fingerprint density at radius 1 is 1.29 bits per heavy atom. The average molecular weight is 307 g/mol. The lowest BCUT2D eigenvalue weighted by atomic mass is 10.0. The highest BCUT2D eigenvalue weighted by atomic mass is 35.5. The number of nitrogens with zero attached hydrogens (tertiary/aromatic N) is 1. The number of phenolic OH excluding ortho intramolecular Hbond substituents is 1. The van der Waals surface area contributed by atoms with Gasteiger partial charge in [-0.05, 0) is 18.4 Å². The van der Waals surface area contributed by atoms with Crippen LogP contribution in [0, 0.1) is 0 Å². The Labute approximate surface area is 130 Å². The molecule has 1 saturated heterocycles. The summed E-state index contributed by atoms with van der Waals surface area (Å²) in [6, 6.07) is 11.4. The Kier molecular flexibility index (Phi) is 4.70. The second kappa shape index (κ2) is 6.33. The smallest absolute Gasteiger partial charge is 0.257 e. The molecule has 2 aromatic carbocycles. The van der Waals surface area contributed by atoms with Crippen molar-refractivity contribution in [1.29, 1.82) is 0 Å². The maximum atomic E-state index is 12.5. The first-order valence-electron chi connectivity index (χ1n) is 6.90. The maximum absolute atomic E-state index is 12.5. The molecule has 0 aliphatic carbocycles. The first-order valence-corrected chi connectivity index (χ1v) is 6.90. The third-order valence-corrected chi connectivity index (χ3v) is 3.79. The topological polar surface area (TPSA) is 52.6 Å². The molecule has 0 bridgehead atoms. The van der Waals surface area contributed by atoms with E-state index in [-0.39, 0.29) is 30.1 Å². The number of carbonyl (C=O) groups is 1. The summed E-state index contributed by atoms with van der Waals surface area (Å²) in [6.07, 6.45) is 0. The Balaban J connectivity index is 0.00000161. The van der Waals surface area contributed by atoms with E-state index in [1.54, 1.807) is 11.0 Å². The number of hydrogen-bond acceptors (Lipinski definition) is 3. The zero-order valence-electron chi connectivity index (χ0n) is 11.9. The first kappa shape index (κ1) is 15.6. The van der Waals surface area contributed by atoms with Crippen molar-refractivity contribution >= 4 is 29.1 Å². The Morgan fingerprint density at radius 2 is 2.05 bits per heavy atom. The summed E-state index contributed by atoms with van der Waals surface area (Å²) in [5.41, 5.74) is 0.387. The molecule has 3 rings (SSSR count). The Hall–Kier alpha value is -1.78. The minimum atomic E-state index is -0.0957. The lowest BCUT2D eigenvalue weighted by Gasteiger charge is -2.32. The summed E-state index contributed by atoms with van der Waals surface area (Å²) in [5, 5.41) is 15.3. The van der Waals surface area contributed by atoms with Crippen LogP contribution in [0.25, 0.3) is 10.8 Å². The predicted molar refractivity (Wildman–Crippen MR) is 86.2 cm³/mol. The molecule has 2 aromatic rings. The molecule has 1 fully saturated rings. The Morgan fingerprint density at radius 3 is 2.81 bits per heavy atom. The fraction of sp³-hybridized carbons (Fsp3) is 0.312. The van der Waals surface area contributed by atoms with Crippen LogP contribution in [0.1, 0.15) is 17.3 Å². The van der Waals surface area contributed by atoms with Crippen molar-refractivity contribution in [2.75, 3.05) is 19.6 Å². The van der Waals surface area contributed by atoms with Crippen LogP contribution in [0.4, 0.5) is 0 Å². The number of halogens is 1. The van der Waals surface area contributed by atoms with Crippen LogP contribution in [0.2, 0.25) is 0 Å². The number of hydrogen-bond donors (Lipinski definition) is 2. The molecule has 1 atom stereocenters. The molecule has 21 heavy (non-hydrogen) atoms. The molecule has 1 aliphatic rings. The predicted octanol–water partition coefficient (Wildman–Crippen LogP) is 2.40. The van der Waals surface area contributed by atoms with E-state index in [0.717, 1.165) is 17.3 Å². The van der Waals surface area contributed by atoms with Gasteiger partial charge in [-0.1, -0.05) is 30.3 Å². The van der Waals surface area contributed by atoms with E-state index in [1.165, 1.54) is 0 Å². The number of phenols is 1. The van der Waals surface area contributed by atoms with Gasteiger partial charge < -0.3 is 15.3 Å². The monoisotopic (exact) mass is 306 g/mol. The average Bonchev–Trinajstić information content (AvgIpc) is 2.47. The SMILES string of the molecule is C[C@H]1CN(C(=O)c2ccc3ccccc3c2O)CCN1.Cl. The highest BCUT2D eigenvalue weighted by molar-refractivity contribution is 6.03. The molecule has 112 valence electrons. The zero-order valence-corrected chi connectivity index (χ0v) is 12.7. The van der Waals surface area contributed by atoms with E-state index in [4.69, 9.17) is 0 Å². The van der Waals surface area contributed by atoms with Crippen molar-refractivity contribution in [3.8, 4) is 5.75 Å². The molecule has 5 heteroatoms. The van der Waals surface area contributed by atoms with Gasteiger partial charge in [-0.25, -0.2) is 0 Å². The second-order valence-electron chi connectivity index (χ2n) is 5.29. The summed E-state index contributed by atoms with van der Waals surface area (Å²) in [5.74, 6) is -0.0131. The van der Waals surface area contributed by atoms with E-state index in [2.05, 4.69) is 12.2 Å². The molecule has 1 amide bonds. The molecular weight excluding hydrogens is 288 g/mol. The third kappa shape index (κ3) is 2.96. The van der Waals surface area contributed by atoms with Crippen molar-refractivity contribution < 1.29 is 9.90 Å². The zero-order chi connectivity index (χ0) is 14.1. The van der Waals surface area contributed by atoms with Crippen molar-refractivity contribution in [2.45, 2.75) is 13.0 Å². The maximum Gasteiger partial charge on any atom is 0.257 e. The number of nitrogens with one attached hydrogen (secondary N) is 1. The van der Waals surface area contributed by atoms with Crippen LogP contribution in [0.5, 0.6) is 5.75 Å². The fourth-order valence-electron chi connectivity index (χ4n) is 2.71. The van der Waals surface area contributed by atoms with Crippen LogP contribution >= 0.6 is 12.4 Å². The van der Waals surface area contributed by atoms with Gasteiger partial charge in [-0.2, -0.15) is 0 Å². The molecule has 2 N–H and O–H groups in total. The summed E-state index contributed by atoms with van der Waals surface area (Å²) < 4.78 is 0. The van der Waals surface area contributed by atoms with Gasteiger partial charge in [0.25, 0.3) is 5.91 Å². The number of rotatable bonds is 1. The van der Waals surface area contributed by atoms with E-state index >= 15 is 0 Å². The van der Waals surface area contributed by atoms with Crippen molar-refractivity contribution in [1.82, 2.24) is 10.2 Å². The van der Waals surface area contributed by atoms with Crippen LogP contribution in [0.15, 0.2) is 36.4 Å². The molecule has 0 aromatic heterocycles. The van der Waals surface area contributed by atoms with E-state index in [0.29, 0.717) is 18.7 Å².